The molecule has 118 valence electrons. The van der Waals surface area contributed by atoms with E-state index in [4.69, 9.17) is 4.42 Å². The second-order valence-electron chi connectivity index (χ2n) is 5.94. The average Bonchev–Trinajstić information content (AvgIpc) is 2.96. The summed E-state index contributed by atoms with van der Waals surface area (Å²) in [5.74, 6) is 0.741. The number of benzene rings is 1. The lowest BCUT2D eigenvalue weighted by atomic mass is 10.0. The normalized spacial score (nSPS) is 15.1. The number of carbonyl (C=O) groups is 2. The summed E-state index contributed by atoms with van der Waals surface area (Å²) in [6, 6.07) is 5.64. The first-order valence-corrected chi connectivity index (χ1v) is 7.45. The first-order valence-electron chi connectivity index (χ1n) is 7.45. The van der Waals surface area contributed by atoms with E-state index in [9.17, 15) is 9.59 Å². The number of hydrazone groups is 1. The van der Waals surface area contributed by atoms with Crippen LogP contribution in [0.25, 0.3) is 0 Å². The molecular formula is C18H18N2O3. The maximum absolute atomic E-state index is 12.2. The van der Waals surface area contributed by atoms with Crippen LogP contribution < -0.4 is 5.43 Å². The van der Waals surface area contributed by atoms with Crippen LogP contribution in [0.4, 0.5) is 0 Å². The Hall–Kier alpha value is -2.69. The van der Waals surface area contributed by atoms with Gasteiger partial charge in [0.15, 0.2) is 5.78 Å². The van der Waals surface area contributed by atoms with Gasteiger partial charge in [-0.2, -0.15) is 5.10 Å². The number of amides is 1. The van der Waals surface area contributed by atoms with E-state index in [-0.39, 0.29) is 11.7 Å². The van der Waals surface area contributed by atoms with Crippen LogP contribution in [0, 0.1) is 27.7 Å². The molecule has 5 heteroatoms. The maximum atomic E-state index is 12.2. The third-order valence-corrected chi connectivity index (χ3v) is 4.03. The largest absolute Gasteiger partial charge is 0.466 e. The molecule has 1 aromatic heterocycles. The molecule has 2 aromatic rings. The minimum Gasteiger partial charge on any atom is -0.466 e. The summed E-state index contributed by atoms with van der Waals surface area (Å²) in [6.07, 6.45) is 0.333. The molecule has 0 saturated carbocycles. The molecule has 3 rings (SSSR count). The number of furan rings is 1. The van der Waals surface area contributed by atoms with E-state index >= 15 is 0 Å². The number of Topliss-reactive ketones (excluding diaryl/α,β-unsaturated/α-hetero) is 1. The van der Waals surface area contributed by atoms with Gasteiger partial charge in [0, 0.05) is 12.0 Å². The van der Waals surface area contributed by atoms with Crippen LogP contribution in [0.5, 0.6) is 0 Å². The summed E-state index contributed by atoms with van der Waals surface area (Å²) >= 11 is 0. The van der Waals surface area contributed by atoms with Gasteiger partial charge >= 0.3 is 0 Å². The lowest BCUT2D eigenvalue weighted by molar-refractivity contribution is -0.112. The van der Waals surface area contributed by atoms with Crippen molar-refractivity contribution < 1.29 is 14.0 Å². The number of carbonyl (C=O) groups excluding carboxylic acids is 2. The van der Waals surface area contributed by atoms with Crippen LogP contribution in [0.2, 0.25) is 0 Å². The zero-order chi connectivity index (χ0) is 16.7. The molecular weight excluding hydrogens is 292 g/mol. The van der Waals surface area contributed by atoms with Crippen molar-refractivity contribution in [3.63, 3.8) is 0 Å². The Kier molecular flexibility index (Phi) is 3.64. The molecule has 1 N–H and O–H groups in total. The van der Waals surface area contributed by atoms with Crippen molar-refractivity contribution in [2.75, 3.05) is 0 Å². The Morgan fingerprint density at radius 2 is 1.91 bits per heavy atom. The molecule has 0 radical (unpaired) electrons. The molecule has 0 unspecified atom stereocenters. The van der Waals surface area contributed by atoms with Gasteiger partial charge < -0.3 is 4.42 Å². The third-order valence-electron chi connectivity index (χ3n) is 4.03. The number of hydrogen-bond donors (Lipinski definition) is 1. The zero-order valence-electron chi connectivity index (χ0n) is 13.6. The SMILES string of the molecule is Cc1cc(C)c2c(c1)/C(=N/NC(=O)c1cc(C)oc1C)C(=O)C2. The number of nitrogens with one attached hydrogen (secondary N) is 1. The predicted molar refractivity (Wildman–Crippen MR) is 86.8 cm³/mol. The van der Waals surface area contributed by atoms with Gasteiger partial charge in [-0.1, -0.05) is 11.6 Å². The second-order valence-corrected chi connectivity index (χ2v) is 5.94. The summed E-state index contributed by atoms with van der Waals surface area (Å²) in [4.78, 5) is 24.4. The maximum Gasteiger partial charge on any atom is 0.274 e. The molecule has 1 aliphatic rings. The van der Waals surface area contributed by atoms with Gasteiger partial charge in [0.1, 0.15) is 17.2 Å². The quantitative estimate of drug-likeness (QED) is 0.867. The molecule has 0 saturated heterocycles. The van der Waals surface area contributed by atoms with E-state index in [1.165, 1.54) is 0 Å². The fourth-order valence-electron chi connectivity index (χ4n) is 2.98. The Morgan fingerprint density at radius 3 is 2.57 bits per heavy atom. The summed E-state index contributed by atoms with van der Waals surface area (Å²) in [5.41, 5.74) is 7.16. The van der Waals surface area contributed by atoms with Gasteiger partial charge in [-0.3, -0.25) is 9.59 Å². The number of hydrogen-bond acceptors (Lipinski definition) is 4. The molecule has 5 nitrogen and oxygen atoms in total. The summed E-state index contributed by atoms with van der Waals surface area (Å²) in [6.45, 7) is 7.46. The zero-order valence-corrected chi connectivity index (χ0v) is 13.6. The fourth-order valence-corrected chi connectivity index (χ4v) is 2.98. The van der Waals surface area contributed by atoms with Gasteiger partial charge in [0.2, 0.25) is 0 Å². The van der Waals surface area contributed by atoms with E-state index < -0.39 is 0 Å². The lowest BCUT2D eigenvalue weighted by Gasteiger charge is -2.05. The minimum atomic E-state index is -0.377. The Labute approximate surface area is 134 Å². The van der Waals surface area contributed by atoms with Gasteiger partial charge in [-0.05, 0) is 51.0 Å². The highest BCUT2D eigenvalue weighted by atomic mass is 16.3. The van der Waals surface area contributed by atoms with Gasteiger partial charge in [0.05, 0.1) is 5.56 Å². The number of rotatable bonds is 2. The van der Waals surface area contributed by atoms with Crippen LogP contribution in [0.15, 0.2) is 27.7 Å². The molecule has 23 heavy (non-hydrogen) atoms. The van der Waals surface area contributed by atoms with Crippen molar-refractivity contribution in [3.05, 3.63) is 57.5 Å². The molecule has 1 heterocycles. The van der Waals surface area contributed by atoms with Crippen molar-refractivity contribution >= 4 is 17.4 Å². The summed E-state index contributed by atoms with van der Waals surface area (Å²) in [7, 11) is 0. The molecule has 1 aliphatic carbocycles. The molecule has 0 aliphatic heterocycles. The van der Waals surface area contributed by atoms with E-state index in [1.54, 1.807) is 19.9 Å². The number of nitrogens with zero attached hydrogens (tertiary/aromatic N) is 1. The molecule has 1 amide bonds. The number of ketones is 1. The van der Waals surface area contributed by atoms with E-state index in [2.05, 4.69) is 10.5 Å². The fraction of sp³-hybridized carbons (Fsp3) is 0.278. The molecule has 0 atom stereocenters. The molecule has 1 aromatic carbocycles. The van der Waals surface area contributed by atoms with Gasteiger partial charge in [-0.15, -0.1) is 0 Å². The van der Waals surface area contributed by atoms with Crippen molar-refractivity contribution in [2.45, 2.75) is 34.1 Å². The minimum absolute atomic E-state index is 0.0749. The first kappa shape index (κ1) is 15.2. The Morgan fingerprint density at radius 1 is 1.17 bits per heavy atom. The topological polar surface area (TPSA) is 71.7 Å². The lowest BCUT2D eigenvalue weighted by Crippen LogP contribution is -2.22. The summed E-state index contributed by atoms with van der Waals surface area (Å²) in [5, 5.41) is 4.08. The third kappa shape index (κ3) is 2.70. The standard InChI is InChI=1S/C18H18N2O3/c1-9-5-10(2)13-8-16(21)17(15(13)6-9)19-20-18(22)14-7-11(3)23-12(14)4/h5-7H,8H2,1-4H3,(H,20,22)/b19-17-. The van der Waals surface area contributed by atoms with Crippen LogP contribution in [0.3, 0.4) is 0 Å². The second kappa shape index (κ2) is 5.50. The highest BCUT2D eigenvalue weighted by Crippen LogP contribution is 2.25. The molecule has 0 bridgehead atoms. The Bertz CT molecular complexity index is 859. The van der Waals surface area contributed by atoms with Crippen LogP contribution in [0.1, 0.15) is 44.1 Å². The number of fused-ring (bicyclic) bond motifs is 1. The summed E-state index contributed by atoms with van der Waals surface area (Å²) < 4.78 is 5.34. The van der Waals surface area contributed by atoms with E-state index in [0.29, 0.717) is 29.2 Å². The predicted octanol–water partition coefficient (Wildman–Crippen LogP) is 2.77. The van der Waals surface area contributed by atoms with E-state index in [1.807, 2.05) is 26.0 Å². The number of aryl methyl sites for hydroxylation is 4. The van der Waals surface area contributed by atoms with Crippen LogP contribution >= 0.6 is 0 Å². The average molecular weight is 310 g/mol. The molecule has 0 spiro atoms. The molecule has 0 fully saturated rings. The van der Waals surface area contributed by atoms with Crippen LogP contribution in [-0.4, -0.2) is 17.4 Å². The Balaban J connectivity index is 1.91. The van der Waals surface area contributed by atoms with Crippen molar-refractivity contribution in [3.8, 4) is 0 Å². The van der Waals surface area contributed by atoms with Crippen LogP contribution in [-0.2, 0) is 11.2 Å². The van der Waals surface area contributed by atoms with Gasteiger partial charge in [-0.25, -0.2) is 5.43 Å². The highest BCUT2D eigenvalue weighted by Gasteiger charge is 2.28. The van der Waals surface area contributed by atoms with E-state index in [0.717, 1.165) is 22.3 Å². The smallest absolute Gasteiger partial charge is 0.274 e. The van der Waals surface area contributed by atoms with Gasteiger partial charge in [0.25, 0.3) is 5.91 Å². The monoisotopic (exact) mass is 310 g/mol. The van der Waals surface area contributed by atoms with Crippen molar-refractivity contribution in [1.29, 1.82) is 0 Å². The first-order chi connectivity index (χ1) is 10.9. The highest BCUT2D eigenvalue weighted by molar-refractivity contribution is 6.49. The van der Waals surface area contributed by atoms with Crippen molar-refractivity contribution in [2.24, 2.45) is 5.10 Å². The van der Waals surface area contributed by atoms with Crippen molar-refractivity contribution in [1.82, 2.24) is 5.43 Å².